The normalized spacial score (nSPS) is 15.2. The quantitative estimate of drug-likeness (QED) is 0.598. The second kappa shape index (κ2) is 8.07. The van der Waals surface area contributed by atoms with Gasteiger partial charge in [-0.2, -0.15) is 0 Å². The minimum absolute atomic E-state index is 0.280. The second-order valence-electron chi connectivity index (χ2n) is 7.75. The molecule has 0 unspecified atom stereocenters. The van der Waals surface area contributed by atoms with E-state index in [1.54, 1.807) is 29.6 Å². The summed E-state index contributed by atoms with van der Waals surface area (Å²) in [5, 5.41) is 4.39. The number of hydrogen-bond acceptors (Lipinski definition) is 5. The van der Waals surface area contributed by atoms with Crippen molar-refractivity contribution in [3.63, 3.8) is 0 Å². The highest BCUT2D eigenvalue weighted by atomic mass is 32.2. The van der Waals surface area contributed by atoms with Gasteiger partial charge in [-0.3, -0.25) is 13.9 Å². The van der Waals surface area contributed by atoms with Crippen LogP contribution in [0.1, 0.15) is 17.5 Å². The summed E-state index contributed by atoms with van der Waals surface area (Å²) in [6.45, 7) is 0.830. The molecular weight excluding hydrogens is 446 g/mol. The Kier molecular flexibility index (Phi) is 5.22. The minimum atomic E-state index is -3.68. The standard InChI is InChI=1S/C23H21N3O4S2/c27-22(23(28)25-13-11-17-5-1-2-7-19(17)25)24-18-10-9-16-6-3-12-26(20(16)15-18)32(29,30)21-8-4-14-31-21/h1-2,4-5,7-10,14-15H,3,6,11-13H2,(H,24,27). The highest BCUT2D eigenvalue weighted by Gasteiger charge is 2.31. The molecule has 5 rings (SSSR count). The Morgan fingerprint density at radius 1 is 0.906 bits per heavy atom. The molecule has 1 N–H and O–H groups in total. The van der Waals surface area contributed by atoms with Crippen molar-refractivity contribution >= 4 is 50.2 Å². The van der Waals surface area contributed by atoms with Gasteiger partial charge < -0.3 is 10.2 Å². The zero-order chi connectivity index (χ0) is 22.3. The van der Waals surface area contributed by atoms with Crippen molar-refractivity contribution < 1.29 is 18.0 Å². The lowest BCUT2D eigenvalue weighted by Gasteiger charge is -2.30. The molecule has 1 aromatic heterocycles. The Morgan fingerprint density at radius 3 is 2.53 bits per heavy atom. The number of para-hydroxylation sites is 1. The van der Waals surface area contributed by atoms with Crippen LogP contribution < -0.4 is 14.5 Å². The summed E-state index contributed by atoms with van der Waals surface area (Å²) in [7, 11) is -3.68. The van der Waals surface area contributed by atoms with Gasteiger partial charge in [0.15, 0.2) is 0 Å². The first kappa shape index (κ1) is 20.7. The third kappa shape index (κ3) is 3.57. The summed E-state index contributed by atoms with van der Waals surface area (Å²) < 4.78 is 27.9. The van der Waals surface area contributed by atoms with Gasteiger partial charge >= 0.3 is 11.8 Å². The average molecular weight is 468 g/mol. The van der Waals surface area contributed by atoms with E-state index in [4.69, 9.17) is 0 Å². The largest absolute Gasteiger partial charge is 0.318 e. The highest BCUT2D eigenvalue weighted by Crippen LogP contribution is 2.35. The Balaban J connectivity index is 1.39. The number of carbonyl (C=O) groups excluding carboxylic acids is 2. The van der Waals surface area contributed by atoms with Crippen molar-refractivity contribution in [2.24, 2.45) is 0 Å². The smallest absolute Gasteiger partial charge is 0.316 e. The first-order chi connectivity index (χ1) is 15.4. The summed E-state index contributed by atoms with van der Waals surface area (Å²) in [4.78, 5) is 27.0. The Hall–Kier alpha value is -3.17. The van der Waals surface area contributed by atoms with Gasteiger partial charge in [-0.25, -0.2) is 8.42 Å². The molecule has 2 amide bonds. The zero-order valence-electron chi connectivity index (χ0n) is 17.2. The van der Waals surface area contributed by atoms with Gasteiger partial charge in [0, 0.05) is 24.5 Å². The van der Waals surface area contributed by atoms with Crippen molar-refractivity contribution in [1.29, 1.82) is 0 Å². The van der Waals surface area contributed by atoms with E-state index in [-0.39, 0.29) is 4.21 Å². The van der Waals surface area contributed by atoms with Crippen LogP contribution in [0.5, 0.6) is 0 Å². The van der Waals surface area contributed by atoms with E-state index in [0.717, 1.165) is 29.7 Å². The summed E-state index contributed by atoms with van der Waals surface area (Å²) in [5.41, 5.74) is 3.63. The predicted octanol–water partition coefficient (Wildman–Crippen LogP) is 3.42. The summed E-state index contributed by atoms with van der Waals surface area (Å²) in [6, 6.07) is 16.0. The number of nitrogens with zero attached hydrogens (tertiary/aromatic N) is 2. The molecule has 0 saturated heterocycles. The molecule has 0 radical (unpaired) electrons. The number of aryl methyl sites for hydroxylation is 1. The zero-order valence-corrected chi connectivity index (χ0v) is 18.8. The Bertz CT molecular complexity index is 1300. The average Bonchev–Trinajstić information content (AvgIpc) is 3.49. The van der Waals surface area contributed by atoms with Crippen LogP contribution in [-0.2, 0) is 32.5 Å². The number of hydrogen-bond donors (Lipinski definition) is 1. The number of carbonyl (C=O) groups is 2. The number of rotatable bonds is 3. The van der Waals surface area contributed by atoms with Gasteiger partial charge in [0.05, 0.1) is 5.69 Å². The monoisotopic (exact) mass is 467 g/mol. The van der Waals surface area contributed by atoms with E-state index < -0.39 is 21.8 Å². The van der Waals surface area contributed by atoms with Gasteiger partial charge in [-0.05, 0) is 60.0 Å². The summed E-state index contributed by atoms with van der Waals surface area (Å²) in [5.74, 6) is -1.37. The number of sulfonamides is 1. The van der Waals surface area contributed by atoms with Crippen LogP contribution >= 0.6 is 11.3 Å². The van der Waals surface area contributed by atoms with E-state index >= 15 is 0 Å². The lowest BCUT2D eigenvalue weighted by Crippen LogP contribution is -2.39. The highest BCUT2D eigenvalue weighted by molar-refractivity contribution is 7.94. The van der Waals surface area contributed by atoms with Crippen molar-refractivity contribution in [1.82, 2.24) is 0 Å². The second-order valence-corrected chi connectivity index (χ2v) is 10.8. The number of nitrogens with one attached hydrogen (secondary N) is 1. The topological polar surface area (TPSA) is 86.8 Å². The van der Waals surface area contributed by atoms with E-state index in [9.17, 15) is 18.0 Å². The maximum Gasteiger partial charge on any atom is 0.316 e. The van der Waals surface area contributed by atoms with Crippen molar-refractivity contribution in [2.75, 3.05) is 27.6 Å². The van der Waals surface area contributed by atoms with E-state index in [1.165, 1.54) is 20.5 Å². The fourth-order valence-corrected chi connectivity index (χ4v) is 6.88. The molecule has 0 saturated carbocycles. The van der Waals surface area contributed by atoms with Crippen LogP contribution in [0.25, 0.3) is 0 Å². The molecule has 164 valence electrons. The maximum atomic E-state index is 13.1. The van der Waals surface area contributed by atoms with Crippen molar-refractivity contribution in [3.8, 4) is 0 Å². The molecule has 3 aromatic rings. The lowest BCUT2D eigenvalue weighted by molar-refractivity contribution is -0.134. The van der Waals surface area contributed by atoms with Crippen LogP contribution in [-0.4, -0.2) is 33.3 Å². The molecule has 32 heavy (non-hydrogen) atoms. The molecule has 2 aliphatic heterocycles. The van der Waals surface area contributed by atoms with Gasteiger partial charge in [-0.15, -0.1) is 11.3 Å². The number of fused-ring (bicyclic) bond motifs is 2. The molecule has 0 bridgehead atoms. The molecule has 0 fully saturated rings. The molecule has 2 aromatic carbocycles. The summed E-state index contributed by atoms with van der Waals surface area (Å²) in [6.07, 6.45) is 2.18. The molecular formula is C23H21N3O4S2. The van der Waals surface area contributed by atoms with Gasteiger partial charge in [0.1, 0.15) is 4.21 Å². The first-order valence-corrected chi connectivity index (χ1v) is 12.7. The van der Waals surface area contributed by atoms with E-state index in [2.05, 4.69) is 5.32 Å². The molecule has 0 aliphatic carbocycles. The first-order valence-electron chi connectivity index (χ1n) is 10.3. The molecule has 9 heteroatoms. The number of anilines is 3. The molecule has 2 aliphatic rings. The Morgan fingerprint density at radius 2 is 1.72 bits per heavy atom. The summed E-state index contributed by atoms with van der Waals surface area (Å²) >= 11 is 1.18. The number of amides is 2. The SMILES string of the molecule is O=C(Nc1ccc2c(c1)N(S(=O)(=O)c1cccs1)CCC2)C(=O)N1CCc2ccccc21. The fraction of sp³-hybridized carbons (Fsp3) is 0.217. The van der Waals surface area contributed by atoms with Crippen LogP contribution in [0.4, 0.5) is 17.1 Å². The van der Waals surface area contributed by atoms with E-state index in [1.807, 2.05) is 30.3 Å². The van der Waals surface area contributed by atoms with Crippen molar-refractivity contribution in [3.05, 3.63) is 71.1 Å². The fourth-order valence-electron chi connectivity index (χ4n) is 4.24. The molecule has 3 heterocycles. The van der Waals surface area contributed by atoms with Crippen molar-refractivity contribution in [2.45, 2.75) is 23.5 Å². The molecule has 0 spiro atoms. The van der Waals surface area contributed by atoms with Crippen LogP contribution in [0.2, 0.25) is 0 Å². The maximum absolute atomic E-state index is 13.1. The van der Waals surface area contributed by atoms with Crippen LogP contribution in [0.3, 0.4) is 0 Å². The third-order valence-electron chi connectivity index (χ3n) is 5.79. The number of benzene rings is 2. The van der Waals surface area contributed by atoms with Gasteiger partial charge in [-0.1, -0.05) is 30.3 Å². The molecule has 7 nitrogen and oxygen atoms in total. The molecule has 0 atom stereocenters. The lowest BCUT2D eigenvalue weighted by atomic mass is 10.0. The van der Waals surface area contributed by atoms with Crippen LogP contribution in [0.15, 0.2) is 64.2 Å². The van der Waals surface area contributed by atoms with Gasteiger partial charge in [0.25, 0.3) is 10.0 Å². The van der Waals surface area contributed by atoms with Gasteiger partial charge in [0.2, 0.25) is 0 Å². The van der Waals surface area contributed by atoms with Crippen LogP contribution in [0, 0.1) is 0 Å². The third-order valence-corrected chi connectivity index (χ3v) is 8.97. The minimum Gasteiger partial charge on any atom is -0.318 e. The van der Waals surface area contributed by atoms with E-state index in [0.29, 0.717) is 30.9 Å². The Labute approximate surface area is 190 Å². The number of thiophene rings is 1. The predicted molar refractivity (Wildman–Crippen MR) is 125 cm³/mol.